The van der Waals surface area contributed by atoms with Crippen LogP contribution in [0.5, 0.6) is 5.75 Å². The lowest BCUT2D eigenvalue weighted by atomic mass is 10.2. The number of aromatic nitrogens is 5. The summed E-state index contributed by atoms with van der Waals surface area (Å²) in [5.74, 6) is 2.45. The van der Waals surface area contributed by atoms with Gasteiger partial charge in [0.2, 0.25) is 5.91 Å². The molecule has 3 aromatic heterocycles. The van der Waals surface area contributed by atoms with E-state index in [9.17, 15) is 13.2 Å². The average molecular weight is 606 g/mol. The summed E-state index contributed by atoms with van der Waals surface area (Å²) in [6.07, 6.45) is 1.59. The van der Waals surface area contributed by atoms with Crippen LogP contribution < -0.4 is 14.8 Å². The topological polar surface area (TPSA) is 154 Å². The Morgan fingerprint density at radius 1 is 1.02 bits per heavy atom. The molecule has 0 aliphatic rings. The predicted octanol–water partition coefficient (Wildman–Crippen LogP) is 4.53. The molecule has 0 radical (unpaired) electrons. The van der Waals surface area contributed by atoms with Crippen molar-refractivity contribution in [2.24, 2.45) is 0 Å². The van der Waals surface area contributed by atoms with E-state index < -0.39 is 10.0 Å². The van der Waals surface area contributed by atoms with Gasteiger partial charge in [-0.2, -0.15) is 0 Å². The number of aryl methyl sites for hydroxylation is 2. The number of rotatable bonds is 11. The molecule has 0 aliphatic carbocycles. The van der Waals surface area contributed by atoms with Crippen LogP contribution in [0.4, 0.5) is 11.5 Å². The second-order valence-corrected chi connectivity index (χ2v) is 11.7. The summed E-state index contributed by atoms with van der Waals surface area (Å²) in [4.78, 5) is 21.1. The van der Waals surface area contributed by atoms with Crippen molar-refractivity contribution < 1.29 is 22.4 Å². The predicted molar refractivity (Wildman–Crippen MR) is 158 cm³/mol. The highest BCUT2D eigenvalue weighted by Crippen LogP contribution is 2.27. The lowest BCUT2D eigenvalue weighted by molar-refractivity contribution is -0.113. The van der Waals surface area contributed by atoms with Crippen molar-refractivity contribution in [2.45, 2.75) is 30.4 Å². The number of thioether (sulfide) groups is 1. The molecule has 5 rings (SSSR count). The fourth-order valence-electron chi connectivity index (χ4n) is 4.06. The van der Waals surface area contributed by atoms with Crippen LogP contribution in [0.2, 0.25) is 0 Å². The summed E-state index contributed by atoms with van der Waals surface area (Å²) in [5, 5.41) is 12.0. The Hall–Kier alpha value is -4.69. The zero-order valence-corrected chi connectivity index (χ0v) is 24.6. The standard InChI is InChI=1S/C28H27N7O5S2/c1-18-15-25(30-19(2)29-18)34-42(37,38)24-12-8-21(9-13-24)31-26(36)17-41-28-33-32-27(20-6-10-22(39-3)11-7-20)35(28)16-23-5-4-14-40-23/h4-15H,16-17H2,1-3H3,(H,31,36)(H,29,30,34). The van der Waals surface area contributed by atoms with Crippen LogP contribution in [0.15, 0.2) is 87.5 Å². The highest BCUT2D eigenvalue weighted by Gasteiger charge is 2.19. The molecule has 42 heavy (non-hydrogen) atoms. The molecule has 216 valence electrons. The van der Waals surface area contributed by atoms with E-state index in [1.807, 2.05) is 34.9 Å². The molecule has 0 aliphatic heterocycles. The quantitative estimate of drug-likeness (QED) is 0.205. The highest BCUT2D eigenvalue weighted by molar-refractivity contribution is 7.99. The first-order valence-corrected chi connectivity index (χ1v) is 15.1. The van der Waals surface area contributed by atoms with Crippen molar-refractivity contribution in [2.75, 3.05) is 22.9 Å². The third-order valence-corrected chi connectivity index (χ3v) is 8.28. The van der Waals surface area contributed by atoms with Gasteiger partial charge >= 0.3 is 0 Å². The third-order valence-electron chi connectivity index (χ3n) is 5.94. The van der Waals surface area contributed by atoms with E-state index >= 15 is 0 Å². The van der Waals surface area contributed by atoms with Crippen molar-refractivity contribution in [1.29, 1.82) is 0 Å². The number of methoxy groups -OCH3 is 1. The number of hydrogen-bond donors (Lipinski definition) is 2. The number of ether oxygens (including phenoxy) is 1. The Kier molecular flexibility index (Phi) is 8.54. The van der Waals surface area contributed by atoms with Gasteiger partial charge in [-0.1, -0.05) is 11.8 Å². The number of carbonyl (C=O) groups excluding carboxylic acids is 1. The zero-order chi connectivity index (χ0) is 29.7. The minimum Gasteiger partial charge on any atom is -0.497 e. The molecule has 3 heterocycles. The van der Waals surface area contributed by atoms with E-state index in [1.54, 1.807) is 39.4 Å². The molecule has 2 N–H and O–H groups in total. The van der Waals surface area contributed by atoms with E-state index in [1.165, 1.54) is 36.0 Å². The number of benzene rings is 2. The van der Waals surface area contributed by atoms with Crippen molar-refractivity contribution in [3.63, 3.8) is 0 Å². The highest BCUT2D eigenvalue weighted by atomic mass is 32.2. The van der Waals surface area contributed by atoms with Crippen LogP contribution in [0.25, 0.3) is 11.4 Å². The van der Waals surface area contributed by atoms with Gasteiger partial charge in [0.05, 0.1) is 30.6 Å². The molecule has 0 atom stereocenters. The smallest absolute Gasteiger partial charge is 0.263 e. The maximum Gasteiger partial charge on any atom is 0.263 e. The minimum absolute atomic E-state index is 0.0286. The van der Waals surface area contributed by atoms with Crippen LogP contribution in [-0.2, 0) is 21.4 Å². The molecule has 14 heteroatoms. The van der Waals surface area contributed by atoms with Crippen LogP contribution in [-0.4, -0.2) is 51.9 Å². The first-order chi connectivity index (χ1) is 20.2. The van der Waals surface area contributed by atoms with Gasteiger partial charge in [-0.05, 0) is 74.5 Å². The second-order valence-electron chi connectivity index (χ2n) is 9.11. The van der Waals surface area contributed by atoms with Gasteiger partial charge < -0.3 is 14.5 Å². The normalized spacial score (nSPS) is 11.3. The third kappa shape index (κ3) is 6.95. The van der Waals surface area contributed by atoms with Gasteiger partial charge in [0, 0.05) is 23.0 Å². The SMILES string of the molecule is COc1ccc(-c2nnc(SCC(=O)Nc3ccc(S(=O)(=O)Nc4cc(C)nc(C)n4)cc3)n2Cc2ccco2)cc1. The number of furan rings is 1. The Labute approximate surface area is 246 Å². The molecule has 0 saturated heterocycles. The molecule has 0 fully saturated rings. The Morgan fingerprint density at radius 3 is 2.45 bits per heavy atom. The summed E-state index contributed by atoms with van der Waals surface area (Å²) >= 11 is 1.22. The number of sulfonamides is 1. The molecular weight excluding hydrogens is 578 g/mol. The first kappa shape index (κ1) is 28.8. The fraction of sp³-hybridized carbons (Fsp3) is 0.179. The van der Waals surface area contributed by atoms with Crippen molar-refractivity contribution >= 4 is 39.2 Å². The average Bonchev–Trinajstić information content (AvgIpc) is 3.62. The number of amides is 1. The van der Waals surface area contributed by atoms with E-state index in [-0.39, 0.29) is 22.4 Å². The van der Waals surface area contributed by atoms with Gasteiger partial charge in [0.15, 0.2) is 11.0 Å². The van der Waals surface area contributed by atoms with Crippen molar-refractivity contribution in [3.05, 3.63) is 90.3 Å². The maximum absolute atomic E-state index is 12.8. The largest absolute Gasteiger partial charge is 0.497 e. The Bertz CT molecular complexity index is 1770. The fourth-order valence-corrected chi connectivity index (χ4v) is 5.79. The Balaban J connectivity index is 1.25. The molecule has 0 unspecified atom stereocenters. The lowest BCUT2D eigenvalue weighted by Crippen LogP contribution is -2.16. The number of nitrogens with one attached hydrogen (secondary N) is 2. The summed E-state index contributed by atoms with van der Waals surface area (Å²) < 4.78 is 40.7. The molecule has 1 amide bonds. The zero-order valence-electron chi connectivity index (χ0n) is 22.9. The number of hydrogen-bond acceptors (Lipinski definition) is 10. The molecule has 12 nitrogen and oxygen atoms in total. The van der Waals surface area contributed by atoms with E-state index in [0.29, 0.717) is 40.5 Å². The van der Waals surface area contributed by atoms with Crippen molar-refractivity contribution in [3.8, 4) is 17.1 Å². The van der Waals surface area contributed by atoms with Crippen LogP contribution in [0, 0.1) is 13.8 Å². The number of anilines is 2. The summed E-state index contributed by atoms with van der Waals surface area (Å²) in [7, 11) is -2.28. The van der Waals surface area contributed by atoms with Crippen molar-refractivity contribution in [1.82, 2.24) is 24.7 Å². The van der Waals surface area contributed by atoms with Crippen LogP contribution in [0.1, 0.15) is 17.3 Å². The molecule has 5 aromatic rings. The molecule has 2 aromatic carbocycles. The number of carbonyl (C=O) groups is 1. The maximum atomic E-state index is 12.8. The van der Waals surface area contributed by atoms with Gasteiger partial charge in [0.1, 0.15) is 23.2 Å². The first-order valence-electron chi connectivity index (χ1n) is 12.7. The van der Waals surface area contributed by atoms with Gasteiger partial charge in [-0.25, -0.2) is 18.4 Å². The minimum atomic E-state index is -3.88. The van der Waals surface area contributed by atoms with Crippen LogP contribution in [0.3, 0.4) is 0 Å². The van der Waals surface area contributed by atoms with Gasteiger partial charge in [-0.15, -0.1) is 10.2 Å². The summed E-state index contributed by atoms with van der Waals surface area (Å²) in [6.45, 7) is 3.82. The van der Waals surface area contributed by atoms with Gasteiger partial charge in [0.25, 0.3) is 10.0 Å². The molecule has 0 bridgehead atoms. The molecular formula is C28H27N7O5S2. The Morgan fingerprint density at radius 2 is 1.79 bits per heavy atom. The van der Waals surface area contributed by atoms with E-state index in [2.05, 4.69) is 30.2 Å². The summed E-state index contributed by atoms with van der Waals surface area (Å²) in [6, 6.07) is 18.5. The second kappa shape index (κ2) is 12.4. The number of nitrogens with zero attached hydrogens (tertiary/aromatic N) is 5. The molecule has 0 spiro atoms. The van der Waals surface area contributed by atoms with E-state index in [4.69, 9.17) is 9.15 Å². The summed E-state index contributed by atoms with van der Waals surface area (Å²) in [5.41, 5.74) is 1.93. The van der Waals surface area contributed by atoms with E-state index in [0.717, 1.165) is 11.3 Å². The lowest BCUT2D eigenvalue weighted by Gasteiger charge is -2.10. The monoisotopic (exact) mass is 605 g/mol. The molecule has 0 saturated carbocycles. The van der Waals surface area contributed by atoms with Gasteiger partial charge in [-0.3, -0.25) is 14.1 Å². The van der Waals surface area contributed by atoms with Crippen LogP contribution >= 0.6 is 11.8 Å².